The van der Waals surface area contributed by atoms with Crippen molar-refractivity contribution in [2.24, 2.45) is 5.92 Å². The van der Waals surface area contributed by atoms with E-state index in [0.717, 1.165) is 5.56 Å². The summed E-state index contributed by atoms with van der Waals surface area (Å²) >= 11 is 0. The quantitative estimate of drug-likeness (QED) is 0.928. The second kappa shape index (κ2) is 6.16. The predicted molar refractivity (Wildman–Crippen MR) is 78.6 cm³/mol. The van der Waals surface area contributed by atoms with E-state index in [1.54, 1.807) is 18.1 Å². The molecule has 1 amide bonds. The molecule has 5 nitrogen and oxygen atoms in total. The number of rotatable bonds is 3. The van der Waals surface area contributed by atoms with Crippen LogP contribution >= 0.6 is 0 Å². The van der Waals surface area contributed by atoms with Crippen molar-refractivity contribution in [3.8, 4) is 5.75 Å². The highest BCUT2D eigenvalue weighted by Crippen LogP contribution is 2.28. The number of likely N-dealkylation sites (tertiary alicyclic amines) is 1. The summed E-state index contributed by atoms with van der Waals surface area (Å²) in [5.74, 6) is -0.671. The van der Waals surface area contributed by atoms with Crippen LogP contribution < -0.4 is 4.74 Å². The number of aliphatic carboxylic acids is 1. The minimum absolute atomic E-state index is 0.0856. The van der Waals surface area contributed by atoms with Crippen molar-refractivity contribution in [3.63, 3.8) is 0 Å². The van der Waals surface area contributed by atoms with Crippen LogP contribution in [0.15, 0.2) is 18.2 Å². The van der Waals surface area contributed by atoms with Gasteiger partial charge in [0.1, 0.15) is 5.75 Å². The fourth-order valence-corrected chi connectivity index (χ4v) is 2.84. The molecule has 5 heteroatoms. The zero-order chi connectivity index (χ0) is 15.6. The Hall–Kier alpha value is -2.04. The van der Waals surface area contributed by atoms with Crippen LogP contribution in [0.2, 0.25) is 0 Å². The summed E-state index contributed by atoms with van der Waals surface area (Å²) in [5, 5.41) is 9.09. The zero-order valence-electron chi connectivity index (χ0n) is 12.6. The Morgan fingerprint density at radius 2 is 2.10 bits per heavy atom. The average Bonchev–Trinajstić information content (AvgIpc) is 2.46. The molecule has 1 heterocycles. The third-order valence-electron chi connectivity index (χ3n) is 4.07. The Balaban J connectivity index is 2.21. The molecule has 114 valence electrons. The van der Waals surface area contributed by atoms with Gasteiger partial charge in [-0.15, -0.1) is 0 Å². The molecular weight excluding hydrogens is 270 g/mol. The average molecular weight is 291 g/mol. The Kier molecular flexibility index (Phi) is 4.50. The van der Waals surface area contributed by atoms with Gasteiger partial charge < -0.3 is 14.7 Å². The predicted octanol–water partition coefficient (Wildman–Crippen LogP) is 2.33. The van der Waals surface area contributed by atoms with Crippen molar-refractivity contribution >= 4 is 11.9 Å². The van der Waals surface area contributed by atoms with Gasteiger partial charge in [0.15, 0.2) is 0 Å². The molecule has 0 radical (unpaired) electrons. The molecule has 0 bridgehead atoms. The van der Waals surface area contributed by atoms with E-state index in [1.807, 2.05) is 26.0 Å². The molecule has 1 N–H and O–H groups in total. The second-order valence-electron chi connectivity index (χ2n) is 5.61. The molecule has 0 aromatic heterocycles. The highest BCUT2D eigenvalue weighted by Gasteiger charge is 2.33. The van der Waals surface area contributed by atoms with Crippen LogP contribution in [0.4, 0.5) is 0 Å². The molecule has 0 aliphatic carbocycles. The molecular formula is C16H21NO4. The number of aryl methyl sites for hydroxylation is 1. The Bertz CT molecular complexity index is 555. The molecule has 1 aliphatic rings. The smallest absolute Gasteiger partial charge is 0.306 e. The Morgan fingerprint density at radius 3 is 2.67 bits per heavy atom. The maximum atomic E-state index is 12.7. The number of carbonyl (C=O) groups excluding carboxylic acids is 1. The number of piperidine rings is 1. The summed E-state index contributed by atoms with van der Waals surface area (Å²) in [6.45, 7) is 4.29. The molecule has 1 aromatic carbocycles. The summed E-state index contributed by atoms with van der Waals surface area (Å²) < 4.78 is 5.27. The molecule has 1 saturated heterocycles. The minimum Gasteiger partial charge on any atom is -0.496 e. The number of benzene rings is 1. The van der Waals surface area contributed by atoms with Crippen LogP contribution in [-0.2, 0) is 4.79 Å². The monoisotopic (exact) mass is 291 g/mol. The SMILES string of the molecule is COc1ccc(C)cc1C(=O)N1CCC(C(=O)O)CC1C. The molecule has 0 spiro atoms. The van der Waals surface area contributed by atoms with Crippen LogP contribution in [-0.4, -0.2) is 41.6 Å². The maximum absolute atomic E-state index is 12.7. The fourth-order valence-electron chi connectivity index (χ4n) is 2.84. The van der Waals surface area contributed by atoms with Crippen molar-refractivity contribution in [2.75, 3.05) is 13.7 Å². The number of hydrogen-bond acceptors (Lipinski definition) is 3. The van der Waals surface area contributed by atoms with Crippen molar-refractivity contribution in [1.82, 2.24) is 4.90 Å². The van der Waals surface area contributed by atoms with E-state index in [-0.39, 0.29) is 17.9 Å². The summed E-state index contributed by atoms with van der Waals surface area (Å²) in [7, 11) is 1.54. The van der Waals surface area contributed by atoms with Crippen molar-refractivity contribution < 1.29 is 19.4 Å². The molecule has 1 aromatic rings. The van der Waals surface area contributed by atoms with Gasteiger partial charge in [-0.25, -0.2) is 0 Å². The van der Waals surface area contributed by atoms with Gasteiger partial charge >= 0.3 is 5.97 Å². The van der Waals surface area contributed by atoms with E-state index in [4.69, 9.17) is 9.84 Å². The van der Waals surface area contributed by atoms with E-state index in [0.29, 0.717) is 30.7 Å². The van der Waals surface area contributed by atoms with Gasteiger partial charge in [-0.3, -0.25) is 9.59 Å². The molecule has 2 unspecified atom stereocenters. The van der Waals surface area contributed by atoms with Gasteiger partial charge in [0.25, 0.3) is 5.91 Å². The van der Waals surface area contributed by atoms with E-state index in [2.05, 4.69) is 0 Å². The number of carboxylic acids is 1. The lowest BCUT2D eigenvalue weighted by atomic mass is 9.91. The Morgan fingerprint density at radius 1 is 1.38 bits per heavy atom. The second-order valence-corrected chi connectivity index (χ2v) is 5.61. The number of carboxylic acid groups (broad SMARTS) is 1. The molecule has 0 saturated carbocycles. The Labute approximate surface area is 124 Å². The molecule has 1 fully saturated rings. The number of amides is 1. The highest BCUT2D eigenvalue weighted by atomic mass is 16.5. The zero-order valence-corrected chi connectivity index (χ0v) is 12.6. The first-order valence-electron chi connectivity index (χ1n) is 7.12. The summed E-state index contributed by atoms with van der Waals surface area (Å²) in [4.78, 5) is 25.5. The van der Waals surface area contributed by atoms with E-state index >= 15 is 0 Å². The van der Waals surface area contributed by atoms with Crippen LogP contribution in [0.25, 0.3) is 0 Å². The van der Waals surface area contributed by atoms with Crippen molar-refractivity contribution in [1.29, 1.82) is 0 Å². The van der Waals surface area contributed by atoms with Gasteiger partial charge in [-0.2, -0.15) is 0 Å². The van der Waals surface area contributed by atoms with Gasteiger partial charge in [-0.05, 0) is 38.8 Å². The fraction of sp³-hybridized carbons (Fsp3) is 0.500. The van der Waals surface area contributed by atoms with Crippen molar-refractivity contribution in [3.05, 3.63) is 29.3 Å². The first-order valence-corrected chi connectivity index (χ1v) is 7.12. The summed E-state index contributed by atoms with van der Waals surface area (Å²) in [6.07, 6.45) is 0.995. The van der Waals surface area contributed by atoms with Crippen LogP contribution in [0.1, 0.15) is 35.7 Å². The highest BCUT2D eigenvalue weighted by molar-refractivity contribution is 5.97. The van der Waals surface area contributed by atoms with Crippen molar-refractivity contribution in [2.45, 2.75) is 32.7 Å². The molecule has 2 atom stereocenters. The summed E-state index contributed by atoms with van der Waals surface area (Å²) in [6, 6.07) is 5.42. The third kappa shape index (κ3) is 3.17. The first-order chi connectivity index (χ1) is 9.93. The third-order valence-corrected chi connectivity index (χ3v) is 4.07. The topological polar surface area (TPSA) is 66.8 Å². The molecule has 21 heavy (non-hydrogen) atoms. The maximum Gasteiger partial charge on any atom is 0.306 e. The van der Waals surface area contributed by atoms with E-state index in [1.165, 1.54) is 0 Å². The van der Waals surface area contributed by atoms with Gasteiger partial charge in [0.2, 0.25) is 0 Å². The normalized spacial score (nSPS) is 22.0. The van der Waals surface area contributed by atoms with Crippen LogP contribution in [0.3, 0.4) is 0 Å². The lowest BCUT2D eigenvalue weighted by Crippen LogP contribution is -2.46. The van der Waals surface area contributed by atoms with Crippen LogP contribution in [0.5, 0.6) is 5.75 Å². The number of carbonyl (C=O) groups is 2. The largest absolute Gasteiger partial charge is 0.496 e. The van der Waals surface area contributed by atoms with E-state index < -0.39 is 5.97 Å². The molecule has 2 rings (SSSR count). The van der Waals surface area contributed by atoms with Crippen LogP contribution in [0, 0.1) is 12.8 Å². The number of ether oxygens (including phenoxy) is 1. The lowest BCUT2D eigenvalue weighted by molar-refractivity contribution is -0.143. The van der Waals surface area contributed by atoms with E-state index in [9.17, 15) is 9.59 Å². The minimum atomic E-state index is -0.776. The summed E-state index contributed by atoms with van der Waals surface area (Å²) in [5.41, 5.74) is 1.53. The lowest BCUT2D eigenvalue weighted by Gasteiger charge is -2.36. The van der Waals surface area contributed by atoms with Gasteiger partial charge in [-0.1, -0.05) is 11.6 Å². The van der Waals surface area contributed by atoms with Gasteiger partial charge in [0.05, 0.1) is 18.6 Å². The molecule has 1 aliphatic heterocycles. The van der Waals surface area contributed by atoms with Gasteiger partial charge in [0, 0.05) is 12.6 Å². The standard InChI is InChI=1S/C16H21NO4/c1-10-4-5-14(21-3)13(8-10)15(18)17-7-6-12(16(19)20)9-11(17)2/h4-5,8,11-12H,6-7,9H2,1-3H3,(H,19,20). The number of hydrogen-bond donors (Lipinski definition) is 1. The number of methoxy groups -OCH3 is 1. The number of nitrogens with zero attached hydrogens (tertiary/aromatic N) is 1. The first kappa shape index (κ1) is 15.4.